The largest absolute Gasteiger partial charge is 0.341 e. The van der Waals surface area contributed by atoms with Crippen LogP contribution in [-0.2, 0) is 17.6 Å². The van der Waals surface area contributed by atoms with E-state index in [4.69, 9.17) is 0 Å². The lowest BCUT2D eigenvalue weighted by Crippen LogP contribution is -2.44. The molecule has 2 aliphatic rings. The van der Waals surface area contributed by atoms with Crippen molar-refractivity contribution < 1.29 is 4.79 Å². The molecule has 5 heteroatoms. The Balaban J connectivity index is 1.57. The highest BCUT2D eigenvalue weighted by atomic mass is 32.1. The monoisotopic (exact) mass is 353 g/mol. The third-order valence-corrected chi connectivity index (χ3v) is 6.16. The summed E-state index contributed by atoms with van der Waals surface area (Å²) in [4.78, 5) is 24.3. The number of thiophene rings is 1. The average Bonchev–Trinajstić information content (AvgIpc) is 3.08. The number of carbonyl (C=O) groups excluding carboxylic acids is 1. The van der Waals surface area contributed by atoms with Crippen molar-refractivity contribution in [2.75, 3.05) is 13.1 Å². The minimum atomic E-state index is -0.243. The summed E-state index contributed by atoms with van der Waals surface area (Å²) in [7, 11) is 0. The number of hydrogen-bond donors (Lipinski definition) is 0. The molecule has 0 radical (unpaired) electrons. The van der Waals surface area contributed by atoms with E-state index in [-0.39, 0.29) is 5.41 Å². The molecule has 130 valence electrons. The minimum Gasteiger partial charge on any atom is -0.341 e. The van der Waals surface area contributed by atoms with Crippen LogP contribution < -0.4 is 0 Å². The maximum Gasteiger partial charge on any atom is 0.228 e. The Labute approximate surface area is 152 Å². The highest BCUT2D eigenvalue weighted by Gasteiger charge is 2.37. The van der Waals surface area contributed by atoms with Gasteiger partial charge in [-0.15, -0.1) is 0 Å². The van der Waals surface area contributed by atoms with Crippen LogP contribution in [0.25, 0.3) is 11.3 Å². The van der Waals surface area contributed by atoms with E-state index in [1.54, 1.807) is 17.7 Å². The van der Waals surface area contributed by atoms with Crippen molar-refractivity contribution in [1.29, 1.82) is 0 Å². The molecular weight excluding hydrogens is 330 g/mol. The second-order valence-electron chi connectivity index (χ2n) is 7.23. The van der Waals surface area contributed by atoms with E-state index in [1.807, 2.05) is 0 Å². The van der Waals surface area contributed by atoms with Gasteiger partial charge in [-0.3, -0.25) is 4.79 Å². The minimum absolute atomic E-state index is 0.243. The van der Waals surface area contributed by atoms with Crippen LogP contribution in [0.5, 0.6) is 0 Å². The smallest absolute Gasteiger partial charge is 0.228 e. The number of carbonyl (C=O) groups is 1. The van der Waals surface area contributed by atoms with E-state index in [2.05, 4.69) is 50.8 Å². The fourth-order valence-corrected chi connectivity index (χ4v) is 4.56. The Morgan fingerprint density at radius 3 is 2.88 bits per heavy atom. The Bertz CT molecular complexity index is 799. The van der Waals surface area contributed by atoms with Gasteiger partial charge in [0.05, 0.1) is 11.1 Å². The molecule has 0 spiro atoms. The standard InChI is InChI=1S/C20H23N3OS/c1-20(8-3-2-4-9-20)19(24)23-10-5-16-17(6-11-23)21-14-22-18(16)15-7-12-25-13-15/h2-3,7,12-14H,4-6,8-11H2,1H3. The molecule has 0 fully saturated rings. The molecule has 1 amide bonds. The van der Waals surface area contributed by atoms with E-state index < -0.39 is 0 Å². The Morgan fingerprint density at radius 2 is 2.12 bits per heavy atom. The number of allylic oxidation sites excluding steroid dienone is 2. The first-order valence-electron chi connectivity index (χ1n) is 8.97. The van der Waals surface area contributed by atoms with Crippen LogP contribution in [0.3, 0.4) is 0 Å². The third kappa shape index (κ3) is 3.13. The van der Waals surface area contributed by atoms with Crippen molar-refractivity contribution in [2.45, 2.75) is 39.0 Å². The molecule has 0 saturated heterocycles. The van der Waals surface area contributed by atoms with Gasteiger partial charge in [-0.25, -0.2) is 9.97 Å². The molecule has 1 unspecified atom stereocenters. The summed E-state index contributed by atoms with van der Waals surface area (Å²) in [6, 6.07) is 2.11. The quantitative estimate of drug-likeness (QED) is 0.770. The van der Waals surface area contributed by atoms with Crippen LogP contribution in [0.15, 0.2) is 35.3 Å². The van der Waals surface area contributed by atoms with Gasteiger partial charge in [0.2, 0.25) is 5.91 Å². The summed E-state index contributed by atoms with van der Waals surface area (Å²) in [5.41, 5.74) is 4.26. The van der Waals surface area contributed by atoms with Gasteiger partial charge in [0.25, 0.3) is 0 Å². The summed E-state index contributed by atoms with van der Waals surface area (Å²) in [6.45, 7) is 3.63. The number of hydrogen-bond acceptors (Lipinski definition) is 4. The van der Waals surface area contributed by atoms with Gasteiger partial charge in [-0.05, 0) is 37.1 Å². The van der Waals surface area contributed by atoms with Gasteiger partial charge < -0.3 is 4.90 Å². The normalized spacial score (nSPS) is 23.2. The van der Waals surface area contributed by atoms with Crippen molar-refractivity contribution >= 4 is 17.2 Å². The maximum atomic E-state index is 13.2. The summed E-state index contributed by atoms with van der Waals surface area (Å²) < 4.78 is 0. The molecule has 0 aromatic carbocycles. The van der Waals surface area contributed by atoms with Crippen molar-refractivity contribution in [3.63, 3.8) is 0 Å². The summed E-state index contributed by atoms with van der Waals surface area (Å²) in [5, 5.41) is 4.21. The molecule has 1 aliphatic heterocycles. The van der Waals surface area contributed by atoms with Crippen LogP contribution in [-0.4, -0.2) is 33.9 Å². The fourth-order valence-electron chi connectivity index (χ4n) is 3.92. The first-order valence-corrected chi connectivity index (χ1v) is 9.91. The second-order valence-corrected chi connectivity index (χ2v) is 8.01. The lowest BCUT2D eigenvalue weighted by Gasteiger charge is -2.35. The van der Waals surface area contributed by atoms with Gasteiger partial charge in [0, 0.05) is 41.7 Å². The van der Waals surface area contributed by atoms with Crippen LogP contribution in [0.1, 0.15) is 37.4 Å². The van der Waals surface area contributed by atoms with E-state index in [1.165, 1.54) is 5.56 Å². The van der Waals surface area contributed by atoms with Crippen molar-refractivity contribution in [3.8, 4) is 11.3 Å². The van der Waals surface area contributed by atoms with E-state index in [0.29, 0.717) is 5.91 Å². The van der Waals surface area contributed by atoms with Gasteiger partial charge in [-0.2, -0.15) is 11.3 Å². The molecule has 2 aromatic heterocycles. The van der Waals surface area contributed by atoms with Crippen molar-refractivity contribution in [3.05, 3.63) is 46.6 Å². The van der Waals surface area contributed by atoms with Gasteiger partial charge >= 0.3 is 0 Å². The fraction of sp³-hybridized carbons (Fsp3) is 0.450. The molecule has 0 bridgehead atoms. The first kappa shape index (κ1) is 16.5. The zero-order chi connectivity index (χ0) is 17.3. The number of amides is 1. The van der Waals surface area contributed by atoms with Crippen LogP contribution in [0.2, 0.25) is 0 Å². The third-order valence-electron chi connectivity index (χ3n) is 5.48. The van der Waals surface area contributed by atoms with E-state index in [0.717, 1.165) is 62.1 Å². The van der Waals surface area contributed by atoms with Crippen molar-refractivity contribution in [2.24, 2.45) is 5.41 Å². The molecule has 4 rings (SSSR count). The maximum absolute atomic E-state index is 13.2. The molecule has 4 nitrogen and oxygen atoms in total. The van der Waals surface area contributed by atoms with Gasteiger partial charge in [0.1, 0.15) is 6.33 Å². The summed E-state index contributed by atoms with van der Waals surface area (Å²) in [6.07, 6.45) is 10.5. The van der Waals surface area contributed by atoms with E-state index in [9.17, 15) is 4.79 Å². The van der Waals surface area contributed by atoms with Gasteiger partial charge in [-0.1, -0.05) is 19.1 Å². The lowest BCUT2D eigenvalue weighted by atomic mass is 9.77. The molecule has 3 heterocycles. The topological polar surface area (TPSA) is 46.1 Å². The predicted octanol–water partition coefficient (Wildman–Crippen LogP) is 3.88. The first-order chi connectivity index (χ1) is 12.2. The molecule has 1 atom stereocenters. The Hall–Kier alpha value is -2.01. The summed E-state index contributed by atoms with van der Waals surface area (Å²) in [5.74, 6) is 0.301. The highest BCUT2D eigenvalue weighted by Crippen LogP contribution is 2.35. The Morgan fingerprint density at radius 1 is 1.24 bits per heavy atom. The van der Waals surface area contributed by atoms with Gasteiger partial charge in [0.15, 0.2) is 0 Å². The van der Waals surface area contributed by atoms with E-state index >= 15 is 0 Å². The number of nitrogens with zero attached hydrogens (tertiary/aromatic N) is 3. The van der Waals surface area contributed by atoms with Crippen LogP contribution >= 0.6 is 11.3 Å². The molecule has 2 aromatic rings. The lowest BCUT2D eigenvalue weighted by molar-refractivity contribution is -0.141. The zero-order valence-electron chi connectivity index (χ0n) is 14.6. The van der Waals surface area contributed by atoms with Crippen LogP contribution in [0, 0.1) is 5.41 Å². The SMILES string of the molecule is CC1(C(=O)N2CCc3ncnc(-c4ccsc4)c3CC2)CC=CCC1. The molecule has 0 saturated carbocycles. The number of aromatic nitrogens is 2. The number of rotatable bonds is 2. The average molecular weight is 353 g/mol. The summed E-state index contributed by atoms with van der Waals surface area (Å²) >= 11 is 1.68. The highest BCUT2D eigenvalue weighted by molar-refractivity contribution is 7.08. The Kier molecular flexibility index (Phi) is 4.42. The van der Waals surface area contributed by atoms with Crippen molar-refractivity contribution in [1.82, 2.24) is 14.9 Å². The van der Waals surface area contributed by atoms with Crippen LogP contribution in [0.4, 0.5) is 0 Å². The molecular formula is C20H23N3OS. The molecule has 0 N–H and O–H groups in total. The molecule has 1 aliphatic carbocycles. The zero-order valence-corrected chi connectivity index (χ0v) is 15.4. The second kappa shape index (κ2) is 6.71. The molecule has 25 heavy (non-hydrogen) atoms. The number of fused-ring (bicyclic) bond motifs is 1. The predicted molar refractivity (Wildman–Crippen MR) is 100 cm³/mol.